The molecule has 2 aromatic rings. The van der Waals surface area contributed by atoms with Crippen LogP contribution in [0.15, 0.2) is 54.9 Å². The van der Waals surface area contributed by atoms with E-state index in [0.717, 1.165) is 30.8 Å². The number of aromatic nitrogens is 1. The second-order valence-electron chi connectivity index (χ2n) is 7.64. The third kappa shape index (κ3) is 5.72. The summed E-state index contributed by atoms with van der Waals surface area (Å²) >= 11 is 0. The maximum atomic E-state index is 13.2. The van der Waals surface area contributed by atoms with E-state index in [1.54, 1.807) is 0 Å². The Hall–Kier alpha value is -3.09. The number of rotatable bonds is 7. The Kier molecular flexibility index (Phi) is 7.65. The molecule has 0 aliphatic carbocycles. The minimum absolute atomic E-state index is 0.0180. The lowest BCUT2D eigenvalue weighted by atomic mass is 9.97. The molecule has 0 spiro atoms. The summed E-state index contributed by atoms with van der Waals surface area (Å²) in [6.45, 7) is 6.98. The fraction of sp³-hybridized carbons (Fsp3) is 0.435. The molecule has 160 valence electrons. The minimum atomic E-state index is -0.587. The van der Waals surface area contributed by atoms with Crippen molar-refractivity contribution in [1.82, 2.24) is 10.2 Å². The average Bonchev–Trinajstić information content (AvgIpc) is 2.81. The summed E-state index contributed by atoms with van der Waals surface area (Å²) < 4.78 is 5.33. The van der Waals surface area contributed by atoms with Crippen molar-refractivity contribution in [1.29, 1.82) is 0 Å². The first kappa shape index (κ1) is 21.6. The Morgan fingerprint density at radius 2 is 1.73 bits per heavy atom. The van der Waals surface area contributed by atoms with E-state index in [0.29, 0.717) is 13.1 Å². The largest absolute Gasteiger partial charge is 0.445 e. The zero-order chi connectivity index (χ0) is 21.3. The van der Waals surface area contributed by atoms with Crippen LogP contribution >= 0.6 is 0 Å². The van der Waals surface area contributed by atoms with Gasteiger partial charge in [-0.05, 0) is 11.5 Å². The molecule has 30 heavy (non-hydrogen) atoms. The Morgan fingerprint density at radius 3 is 2.37 bits per heavy atom. The van der Waals surface area contributed by atoms with Crippen LogP contribution in [0.5, 0.6) is 0 Å². The van der Waals surface area contributed by atoms with Crippen molar-refractivity contribution in [2.24, 2.45) is 5.92 Å². The van der Waals surface area contributed by atoms with Gasteiger partial charge < -0.3 is 19.9 Å². The van der Waals surface area contributed by atoms with Crippen molar-refractivity contribution in [3.05, 3.63) is 60.4 Å². The second-order valence-corrected chi connectivity index (χ2v) is 7.64. The van der Waals surface area contributed by atoms with E-state index in [1.165, 1.54) is 0 Å². The number of benzene rings is 1. The summed E-state index contributed by atoms with van der Waals surface area (Å²) in [5.41, 5.74) is 2.05. The number of amides is 2. The monoisotopic (exact) mass is 411 g/mol. The van der Waals surface area contributed by atoms with E-state index in [9.17, 15) is 9.59 Å². The molecule has 2 amide bonds. The van der Waals surface area contributed by atoms with Crippen molar-refractivity contribution in [3.8, 4) is 0 Å². The molecule has 1 aliphatic rings. The Labute approximate surface area is 178 Å². The van der Waals surface area contributed by atoms with Gasteiger partial charge in [0.2, 0.25) is 5.91 Å². The van der Waals surface area contributed by atoms with Crippen molar-refractivity contribution >= 4 is 17.7 Å². The van der Waals surface area contributed by atoms with Gasteiger partial charge in [-0.2, -0.15) is 0 Å². The van der Waals surface area contributed by atoms with Crippen molar-refractivity contribution in [2.75, 3.05) is 31.1 Å². The van der Waals surface area contributed by atoms with Gasteiger partial charge in [0.1, 0.15) is 12.6 Å². The molecule has 3 rings (SSSR count). The number of piperazine rings is 1. The van der Waals surface area contributed by atoms with Gasteiger partial charge in [-0.1, -0.05) is 50.6 Å². The number of aromatic amines is 1. The molecule has 2 heterocycles. The molecule has 1 aromatic carbocycles. The standard InChI is InChI=1S/C23H30N4O3/c1-3-18(2)21(25-23(29)30-17-19-7-5-4-6-8-19)22(28)27-15-13-26(14-16-27)20-9-11-24-12-10-20/h4-12,18,21H,3,13-17H2,1-2H3,(H,25,29)/p+1/t18-,21-/m0/s1. The molecule has 0 unspecified atom stereocenters. The number of nitrogens with one attached hydrogen (secondary N) is 2. The normalized spacial score (nSPS) is 15.9. The SMILES string of the molecule is CC[C@H](C)[C@H](NC(=O)OCc1ccccc1)C(=O)N1CCN(c2cc[nH+]cc2)CC1. The number of nitrogens with zero attached hydrogens (tertiary/aromatic N) is 2. The van der Waals surface area contributed by atoms with Gasteiger partial charge in [0, 0.05) is 44.0 Å². The van der Waals surface area contributed by atoms with Crippen molar-refractivity contribution in [3.63, 3.8) is 0 Å². The van der Waals surface area contributed by atoms with E-state index in [4.69, 9.17) is 4.74 Å². The third-order valence-electron chi connectivity index (χ3n) is 5.62. The van der Waals surface area contributed by atoms with E-state index in [-0.39, 0.29) is 18.4 Å². The van der Waals surface area contributed by atoms with Gasteiger partial charge in [0.25, 0.3) is 0 Å². The van der Waals surface area contributed by atoms with Gasteiger partial charge in [-0.15, -0.1) is 0 Å². The summed E-state index contributed by atoms with van der Waals surface area (Å²) in [6.07, 6.45) is 4.03. The topological polar surface area (TPSA) is 76.0 Å². The molecule has 0 saturated carbocycles. The highest BCUT2D eigenvalue weighted by atomic mass is 16.5. The van der Waals surface area contributed by atoms with Gasteiger partial charge in [0.05, 0.1) is 0 Å². The van der Waals surface area contributed by atoms with Crippen LogP contribution in [0.3, 0.4) is 0 Å². The first-order chi connectivity index (χ1) is 14.6. The van der Waals surface area contributed by atoms with Crippen LogP contribution in [0.2, 0.25) is 0 Å². The van der Waals surface area contributed by atoms with Crippen molar-refractivity contribution < 1.29 is 19.3 Å². The maximum absolute atomic E-state index is 13.2. The number of ether oxygens (including phenoxy) is 1. The predicted octanol–water partition coefficient (Wildman–Crippen LogP) is 2.49. The average molecular weight is 412 g/mol. The molecular weight excluding hydrogens is 380 g/mol. The summed E-state index contributed by atoms with van der Waals surface area (Å²) in [6, 6.07) is 13.0. The second kappa shape index (κ2) is 10.6. The number of carbonyl (C=O) groups excluding carboxylic acids is 2. The van der Waals surface area contributed by atoms with Crippen LogP contribution in [-0.2, 0) is 16.1 Å². The smallest absolute Gasteiger partial charge is 0.408 e. The van der Waals surface area contributed by atoms with Crippen LogP contribution in [0.1, 0.15) is 25.8 Å². The van der Waals surface area contributed by atoms with Gasteiger partial charge in [-0.25, -0.2) is 9.78 Å². The molecular formula is C23H31N4O3+. The number of pyridine rings is 1. The first-order valence-corrected chi connectivity index (χ1v) is 10.6. The Bertz CT molecular complexity index is 808. The third-order valence-corrected chi connectivity index (χ3v) is 5.62. The number of H-pyrrole nitrogens is 1. The molecule has 1 fully saturated rings. The lowest BCUT2D eigenvalue weighted by Gasteiger charge is -2.38. The zero-order valence-corrected chi connectivity index (χ0v) is 17.7. The minimum Gasteiger partial charge on any atom is -0.445 e. The van der Waals surface area contributed by atoms with Crippen LogP contribution in [-0.4, -0.2) is 49.1 Å². The predicted molar refractivity (Wildman–Crippen MR) is 115 cm³/mol. The zero-order valence-electron chi connectivity index (χ0n) is 17.7. The van der Waals surface area contributed by atoms with Crippen LogP contribution in [0, 0.1) is 5.92 Å². The molecule has 0 bridgehead atoms. The Balaban J connectivity index is 1.55. The van der Waals surface area contributed by atoms with Gasteiger partial charge in [-0.3, -0.25) is 4.79 Å². The maximum Gasteiger partial charge on any atom is 0.408 e. The highest BCUT2D eigenvalue weighted by molar-refractivity contribution is 5.86. The fourth-order valence-corrected chi connectivity index (χ4v) is 3.55. The van der Waals surface area contributed by atoms with E-state index >= 15 is 0 Å². The molecule has 1 aromatic heterocycles. The van der Waals surface area contributed by atoms with Crippen LogP contribution in [0.4, 0.5) is 10.5 Å². The lowest BCUT2D eigenvalue weighted by molar-refractivity contribution is -0.377. The summed E-state index contributed by atoms with van der Waals surface area (Å²) in [5, 5.41) is 2.81. The van der Waals surface area contributed by atoms with Gasteiger partial charge in [0.15, 0.2) is 12.4 Å². The van der Waals surface area contributed by atoms with Crippen molar-refractivity contribution in [2.45, 2.75) is 32.9 Å². The molecule has 7 nitrogen and oxygen atoms in total. The lowest BCUT2D eigenvalue weighted by Crippen LogP contribution is -2.56. The summed E-state index contributed by atoms with van der Waals surface area (Å²) in [5.74, 6) is -0.0217. The van der Waals surface area contributed by atoms with E-state index in [1.807, 2.05) is 73.6 Å². The number of hydrogen-bond acceptors (Lipinski definition) is 4. The summed E-state index contributed by atoms with van der Waals surface area (Å²) in [4.78, 5) is 32.7. The van der Waals surface area contributed by atoms with Crippen LogP contribution in [0.25, 0.3) is 0 Å². The fourth-order valence-electron chi connectivity index (χ4n) is 3.55. The van der Waals surface area contributed by atoms with Gasteiger partial charge >= 0.3 is 6.09 Å². The van der Waals surface area contributed by atoms with Crippen LogP contribution < -0.4 is 15.2 Å². The molecule has 1 saturated heterocycles. The van der Waals surface area contributed by atoms with E-state index < -0.39 is 12.1 Å². The highest BCUT2D eigenvalue weighted by Crippen LogP contribution is 2.17. The summed E-state index contributed by atoms with van der Waals surface area (Å²) in [7, 11) is 0. The molecule has 2 atom stereocenters. The number of hydrogen-bond donors (Lipinski definition) is 1. The highest BCUT2D eigenvalue weighted by Gasteiger charge is 2.32. The quantitative estimate of drug-likeness (QED) is 0.760. The molecule has 1 aliphatic heterocycles. The number of alkyl carbamates (subject to hydrolysis) is 1. The Morgan fingerprint density at radius 1 is 1.07 bits per heavy atom. The molecule has 2 N–H and O–H groups in total. The molecule has 7 heteroatoms. The number of carbonyl (C=O) groups is 2. The molecule has 0 radical (unpaired) electrons. The number of anilines is 1. The van der Waals surface area contributed by atoms with E-state index in [2.05, 4.69) is 15.2 Å². The first-order valence-electron chi connectivity index (χ1n) is 10.6.